The highest BCUT2D eigenvalue weighted by molar-refractivity contribution is 5.83. The van der Waals surface area contributed by atoms with Crippen LogP contribution in [0, 0.1) is 17.2 Å². The lowest BCUT2D eigenvalue weighted by Crippen LogP contribution is -2.47. The molecule has 6 heteroatoms. The molecule has 6 rings (SSSR count). The van der Waals surface area contributed by atoms with Crippen LogP contribution in [0.4, 0.5) is 0 Å². The summed E-state index contributed by atoms with van der Waals surface area (Å²) < 4.78 is 12.3. The lowest BCUT2D eigenvalue weighted by atomic mass is 9.96. The first-order chi connectivity index (χ1) is 18.6. The third-order valence-corrected chi connectivity index (χ3v) is 8.73. The van der Waals surface area contributed by atoms with Crippen LogP contribution in [-0.2, 0) is 30.8 Å². The summed E-state index contributed by atoms with van der Waals surface area (Å²) in [5.74, 6) is 1.12. The largest absolute Gasteiger partial charge is 0.496 e. The zero-order valence-electron chi connectivity index (χ0n) is 21.7. The number of likely N-dealkylation sites (tertiary alicyclic amines) is 1. The smallest absolute Gasteiger partial charge is 0.324 e. The molecule has 0 bridgehead atoms. The van der Waals surface area contributed by atoms with Gasteiger partial charge in [-0.05, 0) is 73.2 Å². The molecule has 1 heterocycles. The number of methoxy groups -OCH3 is 1. The highest BCUT2D eigenvalue weighted by Crippen LogP contribution is 2.55. The Bertz CT molecular complexity index is 1430. The molecule has 3 aliphatic rings. The summed E-state index contributed by atoms with van der Waals surface area (Å²) in [6.45, 7) is 1.67. The molecule has 0 aromatic heterocycles. The minimum atomic E-state index is -0.707. The monoisotopic (exact) mass is 508 g/mol. The van der Waals surface area contributed by atoms with Crippen molar-refractivity contribution in [3.05, 3.63) is 82.4 Å². The number of hydrogen-bond donors (Lipinski definition) is 1. The Labute approximate surface area is 223 Å². The molecule has 194 valence electrons. The molecule has 0 amide bonds. The van der Waals surface area contributed by atoms with Gasteiger partial charge in [-0.25, -0.2) is 0 Å². The van der Waals surface area contributed by atoms with Crippen molar-refractivity contribution in [2.75, 3.05) is 13.7 Å². The number of carboxylic acids is 1. The molecular weight excluding hydrogens is 476 g/mol. The van der Waals surface area contributed by atoms with Crippen LogP contribution in [0.2, 0.25) is 0 Å². The number of aliphatic carboxylic acids is 1. The number of benzene rings is 3. The summed E-state index contributed by atoms with van der Waals surface area (Å²) in [4.78, 5) is 14.4. The second-order valence-electron chi connectivity index (χ2n) is 10.7. The Morgan fingerprint density at radius 1 is 1.11 bits per heavy atom. The minimum Gasteiger partial charge on any atom is -0.496 e. The summed E-state index contributed by atoms with van der Waals surface area (Å²) in [7, 11) is 1.67. The predicted molar refractivity (Wildman–Crippen MR) is 144 cm³/mol. The van der Waals surface area contributed by atoms with Crippen LogP contribution < -0.4 is 9.47 Å². The third kappa shape index (κ3) is 4.02. The Hall–Kier alpha value is -3.82. The summed E-state index contributed by atoms with van der Waals surface area (Å²) in [5, 5.41) is 20.0. The first-order valence-corrected chi connectivity index (χ1v) is 13.5. The Kier molecular flexibility index (Phi) is 6.33. The summed E-state index contributed by atoms with van der Waals surface area (Å²) in [5.41, 5.74) is 6.20. The topological polar surface area (TPSA) is 82.8 Å². The van der Waals surface area contributed by atoms with E-state index in [2.05, 4.69) is 11.0 Å². The molecule has 0 radical (unpaired) electrons. The Balaban J connectivity index is 1.30. The summed E-state index contributed by atoms with van der Waals surface area (Å²) in [6, 6.07) is 20.2. The van der Waals surface area contributed by atoms with Crippen molar-refractivity contribution in [2.45, 2.75) is 57.2 Å². The third-order valence-electron chi connectivity index (χ3n) is 8.73. The van der Waals surface area contributed by atoms with E-state index >= 15 is 0 Å². The highest BCUT2D eigenvalue weighted by atomic mass is 16.5. The van der Waals surface area contributed by atoms with Gasteiger partial charge in [0.2, 0.25) is 0 Å². The van der Waals surface area contributed by atoms with Crippen LogP contribution in [0.25, 0.3) is 11.1 Å². The van der Waals surface area contributed by atoms with Crippen LogP contribution >= 0.6 is 0 Å². The number of piperidine rings is 1. The second-order valence-corrected chi connectivity index (χ2v) is 10.7. The van der Waals surface area contributed by atoms with Gasteiger partial charge in [0.25, 0.3) is 0 Å². The van der Waals surface area contributed by atoms with Crippen molar-refractivity contribution in [3.8, 4) is 28.7 Å². The number of rotatable bonds is 8. The standard InChI is InChI=1S/C32H32N2O4/c1-37-29-16-30(38-20-22-10-5-12-24(27(22)18-33)21-8-3-2-4-9-21)26-14-6-13-25(26)28(29)19-34-15-7-11-23-17-32(23,34)31(35)36/h2-5,8-10,12,16,23H,6-7,11,13-15,17,19-20H2,1H3,(H,35,36)/t23-,32+/m1/s1. The Morgan fingerprint density at radius 3 is 2.68 bits per heavy atom. The fraction of sp³-hybridized carbons (Fsp3) is 0.375. The maximum atomic E-state index is 12.2. The number of nitriles is 1. The molecule has 2 aliphatic carbocycles. The first kappa shape index (κ1) is 24.5. The fourth-order valence-electron chi connectivity index (χ4n) is 6.72. The lowest BCUT2D eigenvalue weighted by molar-refractivity contribution is -0.147. The van der Waals surface area contributed by atoms with Gasteiger partial charge in [0.15, 0.2) is 0 Å². The van der Waals surface area contributed by atoms with E-state index in [0.29, 0.717) is 12.1 Å². The molecule has 1 saturated heterocycles. The number of hydrogen-bond acceptors (Lipinski definition) is 5. The lowest BCUT2D eigenvalue weighted by Gasteiger charge is -2.34. The van der Waals surface area contributed by atoms with E-state index in [1.165, 1.54) is 11.1 Å². The van der Waals surface area contributed by atoms with Gasteiger partial charge < -0.3 is 14.6 Å². The van der Waals surface area contributed by atoms with Crippen LogP contribution in [0.3, 0.4) is 0 Å². The molecule has 6 nitrogen and oxygen atoms in total. The van der Waals surface area contributed by atoms with Crippen molar-refractivity contribution in [2.24, 2.45) is 5.92 Å². The maximum Gasteiger partial charge on any atom is 0.324 e. The van der Waals surface area contributed by atoms with Crippen molar-refractivity contribution in [1.29, 1.82) is 5.26 Å². The molecule has 2 atom stereocenters. The van der Waals surface area contributed by atoms with Gasteiger partial charge in [-0.15, -0.1) is 0 Å². The molecular formula is C32H32N2O4. The molecule has 1 N–H and O–H groups in total. The summed E-state index contributed by atoms with van der Waals surface area (Å²) in [6.07, 6.45) is 5.67. The van der Waals surface area contributed by atoms with E-state index in [4.69, 9.17) is 9.47 Å². The quantitative estimate of drug-likeness (QED) is 0.418. The maximum absolute atomic E-state index is 12.2. The average molecular weight is 509 g/mol. The number of carbonyl (C=O) groups is 1. The van der Waals surface area contributed by atoms with Crippen molar-refractivity contribution < 1.29 is 19.4 Å². The fourth-order valence-corrected chi connectivity index (χ4v) is 6.72. The highest BCUT2D eigenvalue weighted by Gasteiger charge is 2.65. The number of carboxylic acid groups (broad SMARTS) is 1. The van der Waals surface area contributed by atoms with Crippen molar-refractivity contribution in [3.63, 3.8) is 0 Å². The predicted octanol–water partition coefficient (Wildman–Crippen LogP) is 5.74. The van der Waals surface area contributed by atoms with Crippen LogP contribution in [0.5, 0.6) is 11.5 Å². The average Bonchev–Trinajstić information content (AvgIpc) is 3.53. The van der Waals surface area contributed by atoms with Gasteiger partial charge in [0.05, 0.1) is 12.7 Å². The molecule has 0 spiro atoms. The van der Waals surface area contributed by atoms with Gasteiger partial charge in [-0.1, -0.05) is 48.5 Å². The van der Waals surface area contributed by atoms with Gasteiger partial charge in [-0.3, -0.25) is 9.69 Å². The molecule has 3 aromatic rings. The van der Waals surface area contributed by atoms with E-state index in [0.717, 1.165) is 78.8 Å². The molecule has 3 aromatic carbocycles. The van der Waals surface area contributed by atoms with Crippen LogP contribution in [0.15, 0.2) is 54.6 Å². The zero-order chi connectivity index (χ0) is 26.3. The second kappa shape index (κ2) is 9.81. The van der Waals surface area contributed by atoms with E-state index < -0.39 is 11.5 Å². The van der Waals surface area contributed by atoms with Gasteiger partial charge in [0.1, 0.15) is 29.7 Å². The van der Waals surface area contributed by atoms with Gasteiger partial charge >= 0.3 is 5.97 Å². The Morgan fingerprint density at radius 2 is 1.92 bits per heavy atom. The molecule has 38 heavy (non-hydrogen) atoms. The van der Waals surface area contributed by atoms with E-state index in [1.807, 2.05) is 54.6 Å². The number of nitrogens with zero attached hydrogens (tertiary/aromatic N) is 2. The van der Waals surface area contributed by atoms with E-state index in [9.17, 15) is 15.2 Å². The number of ether oxygens (including phenoxy) is 2. The van der Waals surface area contributed by atoms with Crippen molar-refractivity contribution in [1.82, 2.24) is 4.90 Å². The SMILES string of the molecule is COc1cc(OCc2cccc(-c3ccccc3)c2C#N)c2c(c1CN1CCC[C@@H]3C[C@@]31C(=O)O)CCC2. The van der Waals surface area contributed by atoms with Gasteiger partial charge in [-0.2, -0.15) is 5.26 Å². The van der Waals surface area contributed by atoms with Crippen LogP contribution in [0.1, 0.15) is 53.5 Å². The molecule has 2 fully saturated rings. The molecule has 1 aliphatic heterocycles. The van der Waals surface area contributed by atoms with E-state index in [1.54, 1.807) is 7.11 Å². The zero-order valence-corrected chi connectivity index (χ0v) is 21.7. The molecule has 1 saturated carbocycles. The molecule has 0 unspecified atom stereocenters. The first-order valence-electron chi connectivity index (χ1n) is 13.5. The van der Waals surface area contributed by atoms with Gasteiger partial charge in [0, 0.05) is 23.7 Å². The van der Waals surface area contributed by atoms with Crippen molar-refractivity contribution >= 4 is 5.97 Å². The van der Waals surface area contributed by atoms with E-state index in [-0.39, 0.29) is 12.5 Å². The van der Waals surface area contributed by atoms with Crippen LogP contribution in [-0.4, -0.2) is 35.2 Å². The normalized spacial score (nSPS) is 21.7. The summed E-state index contributed by atoms with van der Waals surface area (Å²) >= 11 is 0. The number of fused-ring (bicyclic) bond motifs is 2. The minimum absolute atomic E-state index is 0.261.